The van der Waals surface area contributed by atoms with Gasteiger partial charge >= 0.3 is 0 Å². The topological polar surface area (TPSA) is 98.1 Å². The lowest BCUT2D eigenvalue weighted by molar-refractivity contribution is 0.0361. The second-order valence-electron chi connectivity index (χ2n) is 8.27. The summed E-state index contributed by atoms with van der Waals surface area (Å²) in [5, 5.41) is 19.2. The molecule has 0 aliphatic carbocycles. The number of carbonyl (C=O) groups is 1. The molecule has 0 bridgehead atoms. The number of aliphatic hydroxyl groups is 1. The first kappa shape index (κ1) is 24.2. The van der Waals surface area contributed by atoms with E-state index < -0.39 is 12.1 Å². The predicted octanol–water partition coefficient (Wildman–Crippen LogP) is 1.86. The molecule has 2 heterocycles. The standard InChI is InChI=1S/C25H32N4O5/c1-32-17-20(24(30)18-7-4-3-5-8-18)26-25(31)22-19-9-6-10-21(33-2)23(19)29(27-22)12-11-28-13-15-34-16-14-28/h3-10,20,24,30H,11-17H2,1-2H3,(H,26,31). The summed E-state index contributed by atoms with van der Waals surface area (Å²) in [6.07, 6.45) is -0.922. The van der Waals surface area contributed by atoms with E-state index in [1.54, 1.807) is 7.11 Å². The van der Waals surface area contributed by atoms with Crippen molar-refractivity contribution in [3.63, 3.8) is 0 Å². The Morgan fingerprint density at radius 2 is 1.88 bits per heavy atom. The van der Waals surface area contributed by atoms with Gasteiger partial charge in [-0.25, -0.2) is 0 Å². The summed E-state index contributed by atoms with van der Waals surface area (Å²) in [5.41, 5.74) is 1.76. The van der Waals surface area contributed by atoms with E-state index in [1.165, 1.54) is 7.11 Å². The average molecular weight is 469 g/mol. The minimum absolute atomic E-state index is 0.154. The zero-order valence-corrected chi connectivity index (χ0v) is 19.6. The van der Waals surface area contributed by atoms with Gasteiger partial charge in [0.15, 0.2) is 5.69 Å². The first-order valence-electron chi connectivity index (χ1n) is 11.5. The number of morpholine rings is 1. The Labute approximate surface area is 199 Å². The number of carbonyl (C=O) groups excluding carboxylic acids is 1. The third kappa shape index (κ3) is 5.39. The van der Waals surface area contributed by atoms with Crippen LogP contribution in [0.1, 0.15) is 22.2 Å². The molecule has 0 saturated carbocycles. The van der Waals surface area contributed by atoms with Crippen molar-refractivity contribution in [1.29, 1.82) is 0 Å². The van der Waals surface area contributed by atoms with Crippen molar-refractivity contribution in [2.75, 3.05) is 53.7 Å². The van der Waals surface area contributed by atoms with Crippen molar-refractivity contribution in [3.8, 4) is 5.75 Å². The highest BCUT2D eigenvalue weighted by Crippen LogP contribution is 2.28. The van der Waals surface area contributed by atoms with Crippen molar-refractivity contribution < 1.29 is 24.1 Å². The van der Waals surface area contributed by atoms with Crippen LogP contribution in [0.2, 0.25) is 0 Å². The first-order chi connectivity index (χ1) is 16.6. The minimum atomic E-state index is -0.922. The Bertz CT molecular complexity index is 1080. The molecule has 2 aromatic carbocycles. The van der Waals surface area contributed by atoms with Crippen LogP contribution >= 0.6 is 0 Å². The first-order valence-corrected chi connectivity index (χ1v) is 11.5. The van der Waals surface area contributed by atoms with Gasteiger partial charge < -0.3 is 24.6 Å². The molecule has 0 spiro atoms. The van der Waals surface area contributed by atoms with Gasteiger partial charge in [0.1, 0.15) is 17.4 Å². The van der Waals surface area contributed by atoms with Gasteiger partial charge in [0, 0.05) is 32.1 Å². The molecule has 1 aliphatic rings. The molecular formula is C25H32N4O5. The lowest BCUT2D eigenvalue weighted by Gasteiger charge is -2.26. The highest BCUT2D eigenvalue weighted by Gasteiger charge is 2.27. The fraction of sp³-hybridized carbons (Fsp3) is 0.440. The second-order valence-corrected chi connectivity index (χ2v) is 8.27. The van der Waals surface area contributed by atoms with E-state index in [1.807, 2.05) is 53.2 Å². The quantitative estimate of drug-likeness (QED) is 0.469. The molecule has 4 rings (SSSR count). The van der Waals surface area contributed by atoms with Crippen molar-refractivity contribution >= 4 is 16.8 Å². The number of benzene rings is 2. The normalized spacial score (nSPS) is 16.3. The summed E-state index contributed by atoms with van der Waals surface area (Å²) in [4.78, 5) is 15.7. The van der Waals surface area contributed by atoms with Crippen LogP contribution in [0.25, 0.3) is 10.9 Å². The zero-order chi connectivity index (χ0) is 23.9. The SMILES string of the molecule is COCC(NC(=O)c1nn(CCN2CCOCC2)c2c(OC)cccc12)C(O)c1ccccc1. The molecule has 1 saturated heterocycles. The van der Waals surface area contributed by atoms with Crippen molar-refractivity contribution in [2.45, 2.75) is 18.7 Å². The molecule has 2 unspecified atom stereocenters. The van der Waals surface area contributed by atoms with Gasteiger partial charge in [-0.1, -0.05) is 42.5 Å². The Morgan fingerprint density at radius 1 is 1.12 bits per heavy atom. The number of aliphatic hydroxyl groups excluding tert-OH is 1. The Balaban J connectivity index is 1.59. The summed E-state index contributed by atoms with van der Waals surface area (Å²) in [6.45, 7) is 4.75. The number of fused-ring (bicyclic) bond motifs is 1. The van der Waals surface area contributed by atoms with Gasteiger partial charge in [-0.05, 0) is 11.6 Å². The molecule has 2 N–H and O–H groups in total. The van der Waals surface area contributed by atoms with Crippen molar-refractivity contribution in [3.05, 3.63) is 59.8 Å². The third-order valence-electron chi connectivity index (χ3n) is 6.08. The maximum absolute atomic E-state index is 13.4. The molecule has 3 aromatic rings. The van der Waals surface area contributed by atoms with Gasteiger partial charge in [-0.3, -0.25) is 14.4 Å². The van der Waals surface area contributed by atoms with E-state index in [2.05, 4.69) is 15.3 Å². The number of amides is 1. The monoisotopic (exact) mass is 468 g/mol. The highest BCUT2D eigenvalue weighted by molar-refractivity contribution is 6.06. The summed E-state index contributed by atoms with van der Waals surface area (Å²) in [7, 11) is 3.15. The van der Waals surface area contributed by atoms with Crippen LogP contribution in [0, 0.1) is 0 Å². The van der Waals surface area contributed by atoms with E-state index in [4.69, 9.17) is 14.2 Å². The molecule has 9 heteroatoms. The Morgan fingerprint density at radius 3 is 2.59 bits per heavy atom. The maximum atomic E-state index is 13.4. The molecule has 1 aliphatic heterocycles. The smallest absolute Gasteiger partial charge is 0.272 e. The zero-order valence-electron chi connectivity index (χ0n) is 19.6. The predicted molar refractivity (Wildman–Crippen MR) is 128 cm³/mol. The van der Waals surface area contributed by atoms with Crippen LogP contribution in [0.4, 0.5) is 0 Å². The fourth-order valence-corrected chi connectivity index (χ4v) is 4.27. The van der Waals surface area contributed by atoms with E-state index in [-0.39, 0.29) is 18.2 Å². The number of rotatable bonds is 10. The molecule has 34 heavy (non-hydrogen) atoms. The van der Waals surface area contributed by atoms with Crippen molar-refractivity contribution in [2.24, 2.45) is 0 Å². The van der Waals surface area contributed by atoms with E-state index in [0.717, 1.165) is 38.4 Å². The van der Waals surface area contributed by atoms with E-state index >= 15 is 0 Å². The molecule has 0 radical (unpaired) electrons. The van der Waals surface area contributed by atoms with Gasteiger partial charge in [0.05, 0.1) is 39.5 Å². The summed E-state index contributed by atoms with van der Waals surface area (Å²) < 4.78 is 18.1. The molecule has 1 amide bonds. The third-order valence-corrected chi connectivity index (χ3v) is 6.08. The van der Waals surface area contributed by atoms with Gasteiger partial charge in [0.25, 0.3) is 5.91 Å². The lowest BCUT2D eigenvalue weighted by atomic mass is 10.0. The molecular weight excluding hydrogens is 436 g/mol. The molecule has 9 nitrogen and oxygen atoms in total. The van der Waals surface area contributed by atoms with Gasteiger partial charge in [-0.2, -0.15) is 5.10 Å². The lowest BCUT2D eigenvalue weighted by Crippen LogP contribution is -2.42. The molecule has 182 valence electrons. The van der Waals surface area contributed by atoms with Crippen LogP contribution in [0.5, 0.6) is 5.75 Å². The van der Waals surface area contributed by atoms with Crippen LogP contribution in [-0.2, 0) is 16.0 Å². The highest BCUT2D eigenvalue weighted by atomic mass is 16.5. The molecule has 2 atom stereocenters. The van der Waals surface area contributed by atoms with Crippen molar-refractivity contribution in [1.82, 2.24) is 20.0 Å². The number of hydrogen-bond donors (Lipinski definition) is 2. The molecule has 1 aromatic heterocycles. The number of nitrogens with one attached hydrogen (secondary N) is 1. The minimum Gasteiger partial charge on any atom is -0.494 e. The second kappa shape index (κ2) is 11.4. The Kier molecular flexibility index (Phi) is 8.12. The largest absolute Gasteiger partial charge is 0.494 e. The van der Waals surface area contributed by atoms with Gasteiger partial charge in [0.2, 0.25) is 0 Å². The molecule has 1 fully saturated rings. The summed E-state index contributed by atoms with van der Waals surface area (Å²) >= 11 is 0. The summed E-state index contributed by atoms with van der Waals surface area (Å²) in [6, 6.07) is 14.1. The number of methoxy groups -OCH3 is 2. The number of nitrogens with zero attached hydrogens (tertiary/aromatic N) is 3. The van der Waals surface area contributed by atoms with Crippen LogP contribution in [0.15, 0.2) is 48.5 Å². The number of para-hydroxylation sites is 1. The number of hydrogen-bond acceptors (Lipinski definition) is 7. The van der Waals surface area contributed by atoms with E-state index in [9.17, 15) is 9.90 Å². The maximum Gasteiger partial charge on any atom is 0.272 e. The summed E-state index contributed by atoms with van der Waals surface area (Å²) in [5.74, 6) is 0.282. The van der Waals surface area contributed by atoms with Gasteiger partial charge in [-0.15, -0.1) is 0 Å². The number of aromatic nitrogens is 2. The van der Waals surface area contributed by atoms with Crippen LogP contribution < -0.4 is 10.1 Å². The Hall–Kier alpha value is -2.98. The van der Waals surface area contributed by atoms with E-state index in [0.29, 0.717) is 23.2 Å². The van der Waals surface area contributed by atoms with Crippen LogP contribution in [0.3, 0.4) is 0 Å². The van der Waals surface area contributed by atoms with Crippen LogP contribution in [-0.4, -0.2) is 85.4 Å². The average Bonchev–Trinajstić information content (AvgIpc) is 3.27. The number of ether oxygens (including phenoxy) is 3. The fourth-order valence-electron chi connectivity index (χ4n) is 4.27.